The van der Waals surface area contributed by atoms with Crippen molar-refractivity contribution >= 4 is 29.0 Å². The number of aromatic nitrogens is 2. The second kappa shape index (κ2) is 7.97. The minimum Gasteiger partial charge on any atom is -0.494 e. The van der Waals surface area contributed by atoms with Crippen LogP contribution in [0.1, 0.15) is 16.8 Å². The molecular weight excluding hydrogens is 350 g/mol. The Kier molecular flexibility index (Phi) is 5.48. The molecule has 26 heavy (non-hydrogen) atoms. The van der Waals surface area contributed by atoms with Gasteiger partial charge in [-0.2, -0.15) is 0 Å². The van der Waals surface area contributed by atoms with E-state index in [1.54, 1.807) is 25.2 Å². The zero-order valence-electron chi connectivity index (χ0n) is 14.3. The number of amides is 1. The molecule has 3 rings (SSSR count). The van der Waals surface area contributed by atoms with Crippen molar-refractivity contribution in [3.63, 3.8) is 0 Å². The molecule has 1 heterocycles. The van der Waals surface area contributed by atoms with E-state index < -0.39 is 0 Å². The van der Waals surface area contributed by atoms with Crippen LogP contribution in [0.15, 0.2) is 53.3 Å². The van der Waals surface area contributed by atoms with Crippen LogP contribution >= 0.6 is 12.2 Å². The van der Waals surface area contributed by atoms with Gasteiger partial charge in [0, 0.05) is 19.2 Å². The molecule has 3 aromatic rings. The van der Waals surface area contributed by atoms with E-state index in [0.717, 1.165) is 5.75 Å². The summed E-state index contributed by atoms with van der Waals surface area (Å²) in [5, 5.41) is 3.34. The third-order valence-electron chi connectivity index (χ3n) is 3.98. The topological polar surface area (TPSA) is 76.1 Å². The second-order valence-electron chi connectivity index (χ2n) is 5.83. The monoisotopic (exact) mass is 369 g/mol. The van der Waals surface area contributed by atoms with E-state index in [9.17, 15) is 9.59 Å². The van der Waals surface area contributed by atoms with Gasteiger partial charge in [-0.05, 0) is 49.0 Å². The third-order valence-corrected chi connectivity index (χ3v) is 4.36. The van der Waals surface area contributed by atoms with Crippen molar-refractivity contribution < 1.29 is 9.53 Å². The van der Waals surface area contributed by atoms with Gasteiger partial charge in [0.15, 0.2) is 4.77 Å². The molecule has 0 spiro atoms. The Morgan fingerprint density at radius 3 is 2.77 bits per heavy atom. The molecule has 0 aliphatic heterocycles. The van der Waals surface area contributed by atoms with Gasteiger partial charge in [-0.25, -0.2) is 0 Å². The van der Waals surface area contributed by atoms with Gasteiger partial charge in [-0.15, -0.1) is 0 Å². The first-order valence-corrected chi connectivity index (χ1v) is 8.66. The lowest BCUT2D eigenvalue weighted by Gasteiger charge is -2.08. The zero-order valence-corrected chi connectivity index (χ0v) is 15.1. The average Bonchev–Trinajstić information content (AvgIpc) is 2.66. The van der Waals surface area contributed by atoms with Crippen LogP contribution in [0.5, 0.6) is 5.75 Å². The van der Waals surface area contributed by atoms with Gasteiger partial charge in [0.1, 0.15) is 5.75 Å². The van der Waals surface area contributed by atoms with Crippen LogP contribution in [0.4, 0.5) is 0 Å². The van der Waals surface area contributed by atoms with E-state index in [4.69, 9.17) is 17.0 Å². The van der Waals surface area contributed by atoms with Crippen LogP contribution in [-0.4, -0.2) is 28.6 Å². The molecule has 0 bridgehead atoms. The number of H-pyrrole nitrogens is 1. The predicted molar refractivity (Wildman–Crippen MR) is 103 cm³/mol. The van der Waals surface area contributed by atoms with Crippen molar-refractivity contribution in [2.75, 3.05) is 13.2 Å². The molecule has 0 saturated heterocycles. The normalized spacial score (nSPS) is 10.7. The second-order valence-corrected chi connectivity index (χ2v) is 6.21. The maximum Gasteiger partial charge on any atom is 0.261 e. The van der Waals surface area contributed by atoms with Crippen molar-refractivity contribution in [2.24, 2.45) is 7.05 Å². The van der Waals surface area contributed by atoms with Crippen LogP contribution in [0.3, 0.4) is 0 Å². The molecule has 0 fully saturated rings. The van der Waals surface area contributed by atoms with Gasteiger partial charge in [0.05, 0.1) is 17.5 Å². The molecule has 0 aliphatic carbocycles. The molecule has 1 amide bonds. The SMILES string of the molecule is Cn1c(=S)[nH]c2cc(C(=O)NCCCOc3ccccc3)ccc2c1=O. The van der Waals surface area contributed by atoms with E-state index in [0.29, 0.717) is 40.8 Å². The minimum atomic E-state index is -0.202. The maximum atomic E-state index is 12.3. The number of nitrogens with one attached hydrogen (secondary N) is 2. The number of hydrogen-bond acceptors (Lipinski definition) is 4. The first-order valence-electron chi connectivity index (χ1n) is 8.25. The number of fused-ring (bicyclic) bond motifs is 1. The molecule has 7 heteroatoms. The van der Waals surface area contributed by atoms with Crippen molar-refractivity contribution in [1.29, 1.82) is 0 Å². The fourth-order valence-electron chi connectivity index (χ4n) is 2.53. The van der Waals surface area contributed by atoms with E-state index >= 15 is 0 Å². The zero-order chi connectivity index (χ0) is 18.5. The van der Waals surface area contributed by atoms with Gasteiger partial charge in [-0.1, -0.05) is 18.2 Å². The number of rotatable bonds is 6. The smallest absolute Gasteiger partial charge is 0.261 e. The summed E-state index contributed by atoms with van der Waals surface area (Å²) in [5.41, 5.74) is 0.840. The Labute approximate surface area is 155 Å². The third kappa shape index (κ3) is 4.00. The molecule has 6 nitrogen and oxygen atoms in total. The first-order chi connectivity index (χ1) is 12.6. The molecule has 134 valence electrons. The number of ether oxygens (including phenoxy) is 1. The van der Waals surface area contributed by atoms with Gasteiger partial charge in [-0.3, -0.25) is 14.2 Å². The Bertz CT molecular complexity index is 1040. The van der Waals surface area contributed by atoms with Crippen molar-refractivity contribution in [2.45, 2.75) is 6.42 Å². The lowest BCUT2D eigenvalue weighted by Crippen LogP contribution is -2.26. The number of nitrogens with zero attached hydrogens (tertiary/aromatic N) is 1. The lowest BCUT2D eigenvalue weighted by atomic mass is 10.1. The van der Waals surface area contributed by atoms with E-state index in [1.807, 2.05) is 30.3 Å². The minimum absolute atomic E-state index is 0.186. The number of para-hydroxylation sites is 1. The molecule has 2 aromatic carbocycles. The summed E-state index contributed by atoms with van der Waals surface area (Å²) < 4.78 is 7.27. The molecule has 0 aliphatic rings. The molecule has 1 aromatic heterocycles. The standard InChI is InChI=1S/C19H19N3O3S/c1-22-18(24)15-9-8-13(12-16(15)21-19(22)26)17(23)20-10-5-11-25-14-6-3-2-4-7-14/h2-4,6-9,12H,5,10-11H2,1H3,(H,20,23)(H,21,26). The average molecular weight is 369 g/mol. The van der Waals surface area contributed by atoms with Gasteiger partial charge < -0.3 is 15.0 Å². The summed E-state index contributed by atoms with van der Waals surface area (Å²) in [5.74, 6) is 0.608. The van der Waals surface area contributed by atoms with E-state index in [-0.39, 0.29) is 11.5 Å². The Morgan fingerprint density at radius 2 is 2.00 bits per heavy atom. The van der Waals surface area contributed by atoms with Gasteiger partial charge >= 0.3 is 0 Å². The van der Waals surface area contributed by atoms with Crippen LogP contribution in [0.2, 0.25) is 0 Å². The first kappa shape index (κ1) is 17.9. The number of hydrogen-bond donors (Lipinski definition) is 2. The highest BCUT2D eigenvalue weighted by Gasteiger charge is 2.09. The lowest BCUT2D eigenvalue weighted by molar-refractivity contribution is 0.0951. The number of benzene rings is 2. The van der Waals surface area contributed by atoms with Gasteiger partial charge in [0.25, 0.3) is 11.5 Å². The molecule has 0 unspecified atom stereocenters. The molecule has 2 N–H and O–H groups in total. The van der Waals surface area contributed by atoms with E-state index in [1.165, 1.54) is 4.57 Å². The largest absolute Gasteiger partial charge is 0.494 e. The van der Waals surface area contributed by atoms with Crippen LogP contribution in [-0.2, 0) is 7.05 Å². The number of carbonyl (C=O) groups excluding carboxylic acids is 1. The van der Waals surface area contributed by atoms with Crippen molar-refractivity contribution in [3.8, 4) is 5.75 Å². The van der Waals surface area contributed by atoms with Gasteiger partial charge in [0.2, 0.25) is 0 Å². The maximum absolute atomic E-state index is 12.3. The van der Waals surface area contributed by atoms with Crippen molar-refractivity contribution in [3.05, 3.63) is 69.2 Å². The molecule has 0 radical (unpaired) electrons. The quantitative estimate of drug-likeness (QED) is 0.517. The number of carbonyl (C=O) groups is 1. The van der Waals surface area contributed by atoms with E-state index in [2.05, 4.69) is 10.3 Å². The highest BCUT2D eigenvalue weighted by atomic mass is 32.1. The summed E-state index contributed by atoms with van der Waals surface area (Å²) in [6, 6.07) is 14.4. The highest BCUT2D eigenvalue weighted by molar-refractivity contribution is 7.71. The van der Waals surface area contributed by atoms with Crippen molar-refractivity contribution in [1.82, 2.24) is 14.9 Å². The summed E-state index contributed by atoms with van der Waals surface area (Å²) in [7, 11) is 1.61. The molecule has 0 atom stereocenters. The Balaban J connectivity index is 1.59. The summed E-state index contributed by atoms with van der Waals surface area (Å²) >= 11 is 5.11. The Morgan fingerprint density at radius 1 is 1.23 bits per heavy atom. The highest BCUT2D eigenvalue weighted by Crippen LogP contribution is 2.11. The summed E-state index contributed by atoms with van der Waals surface area (Å²) in [4.78, 5) is 27.4. The number of aromatic amines is 1. The molecular formula is C19H19N3O3S. The predicted octanol–water partition coefficient (Wildman–Crippen LogP) is 2.79. The Hall–Kier alpha value is -2.93. The van der Waals surface area contributed by atoms with Crippen LogP contribution in [0.25, 0.3) is 10.9 Å². The van der Waals surface area contributed by atoms with Crippen LogP contribution in [0, 0.1) is 4.77 Å². The summed E-state index contributed by atoms with van der Waals surface area (Å²) in [6.45, 7) is 1.02. The van der Waals surface area contributed by atoms with Crippen LogP contribution < -0.4 is 15.6 Å². The fourth-order valence-corrected chi connectivity index (χ4v) is 2.72. The summed E-state index contributed by atoms with van der Waals surface area (Å²) in [6.07, 6.45) is 0.692. The fraction of sp³-hybridized carbons (Fsp3) is 0.211. The molecule has 0 saturated carbocycles.